The molecule has 0 rings (SSSR count). The molecule has 0 heterocycles. The minimum atomic E-state index is -1.02. The van der Waals surface area contributed by atoms with Crippen LogP contribution in [0.15, 0.2) is 0 Å². The second kappa shape index (κ2) is 15.7. The Kier molecular flexibility index (Phi) is 15.6. The zero-order valence-electron chi connectivity index (χ0n) is 14.6. The van der Waals surface area contributed by atoms with Gasteiger partial charge < -0.3 is 21.1 Å². The summed E-state index contributed by atoms with van der Waals surface area (Å²) in [5.41, 5.74) is 5.49. The summed E-state index contributed by atoms with van der Waals surface area (Å²) >= 11 is 0. The third kappa shape index (κ3) is 12.4. The second-order valence-corrected chi connectivity index (χ2v) is 6.58. The molecule has 0 spiro atoms. The Balaban J connectivity index is 3.26. The highest BCUT2D eigenvalue weighted by molar-refractivity contribution is 4.77. The van der Waals surface area contributed by atoms with Gasteiger partial charge in [-0.3, -0.25) is 0 Å². The highest BCUT2D eigenvalue weighted by atomic mass is 16.3. The maximum Gasteiger partial charge on any atom is 0.0971 e. The molecule has 3 atom stereocenters. The van der Waals surface area contributed by atoms with E-state index in [1.165, 1.54) is 64.2 Å². The van der Waals surface area contributed by atoms with E-state index in [0.717, 1.165) is 12.8 Å². The highest BCUT2D eigenvalue weighted by Gasteiger charge is 2.22. The molecular formula is C18H39NO3. The molecule has 0 saturated heterocycles. The van der Waals surface area contributed by atoms with Gasteiger partial charge in [-0.2, -0.15) is 0 Å². The Morgan fingerprint density at radius 2 is 1.14 bits per heavy atom. The third-order valence-corrected chi connectivity index (χ3v) is 4.40. The number of aliphatic hydroxyl groups is 3. The Bertz CT molecular complexity index is 226. The van der Waals surface area contributed by atoms with Crippen LogP contribution in [0.5, 0.6) is 0 Å². The van der Waals surface area contributed by atoms with E-state index in [2.05, 4.69) is 6.92 Å². The van der Waals surface area contributed by atoms with Crippen molar-refractivity contribution in [3.8, 4) is 0 Å². The fraction of sp³-hybridized carbons (Fsp3) is 1.00. The van der Waals surface area contributed by atoms with Crippen LogP contribution >= 0.6 is 0 Å². The Labute approximate surface area is 137 Å². The molecule has 0 saturated carbocycles. The first-order chi connectivity index (χ1) is 10.6. The summed E-state index contributed by atoms with van der Waals surface area (Å²) in [4.78, 5) is 0. The number of hydrogen-bond donors (Lipinski definition) is 4. The fourth-order valence-electron chi connectivity index (χ4n) is 2.76. The standard InChI is InChI=1S/C18H39NO3/c1-2-3-4-5-6-7-8-9-10-11-12-13-14-17(21)18(22)16(19)15-20/h16-18,20-22H,2-15,19H2,1H3/t16-,17?,18+/m1/s1. The summed E-state index contributed by atoms with van der Waals surface area (Å²) in [5.74, 6) is 0. The van der Waals surface area contributed by atoms with Crippen LogP contribution < -0.4 is 5.73 Å². The number of aliphatic hydroxyl groups excluding tert-OH is 3. The summed E-state index contributed by atoms with van der Waals surface area (Å²) in [5, 5.41) is 28.2. The van der Waals surface area contributed by atoms with Crippen molar-refractivity contribution in [2.24, 2.45) is 5.73 Å². The molecule has 22 heavy (non-hydrogen) atoms. The molecule has 0 aliphatic carbocycles. The SMILES string of the molecule is CCCCCCCCCCCCCCC(O)[C@@H](O)[C@H](N)CO. The summed E-state index contributed by atoms with van der Waals surface area (Å²) in [6.07, 6.45) is 14.1. The van der Waals surface area contributed by atoms with Crippen LogP contribution in [0.25, 0.3) is 0 Å². The lowest BCUT2D eigenvalue weighted by Crippen LogP contribution is -2.45. The van der Waals surface area contributed by atoms with Crippen molar-refractivity contribution in [2.75, 3.05) is 6.61 Å². The molecule has 1 unspecified atom stereocenters. The number of hydrogen-bond acceptors (Lipinski definition) is 4. The van der Waals surface area contributed by atoms with Crippen molar-refractivity contribution >= 4 is 0 Å². The fourth-order valence-corrected chi connectivity index (χ4v) is 2.76. The van der Waals surface area contributed by atoms with E-state index in [4.69, 9.17) is 10.8 Å². The summed E-state index contributed by atoms with van der Waals surface area (Å²) in [6, 6.07) is -0.743. The van der Waals surface area contributed by atoms with Gasteiger partial charge in [-0.15, -0.1) is 0 Å². The normalized spacial score (nSPS) is 15.7. The molecule has 0 bridgehead atoms. The lowest BCUT2D eigenvalue weighted by Gasteiger charge is -2.22. The Hall–Kier alpha value is -0.160. The molecule has 0 amide bonds. The average Bonchev–Trinajstić information content (AvgIpc) is 2.54. The van der Waals surface area contributed by atoms with Gasteiger partial charge in [0.1, 0.15) is 0 Å². The monoisotopic (exact) mass is 317 g/mol. The van der Waals surface area contributed by atoms with Gasteiger partial charge in [0.15, 0.2) is 0 Å². The minimum absolute atomic E-state index is 0.295. The van der Waals surface area contributed by atoms with Gasteiger partial charge in [-0.1, -0.05) is 84.0 Å². The van der Waals surface area contributed by atoms with E-state index in [9.17, 15) is 10.2 Å². The molecule has 134 valence electrons. The molecule has 4 nitrogen and oxygen atoms in total. The molecule has 5 N–H and O–H groups in total. The van der Waals surface area contributed by atoms with Crippen molar-refractivity contribution in [2.45, 2.75) is 109 Å². The van der Waals surface area contributed by atoms with Crippen LogP contribution in [-0.4, -0.2) is 40.2 Å². The largest absolute Gasteiger partial charge is 0.395 e. The van der Waals surface area contributed by atoms with E-state index in [1.54, 1.807) is 0 Å². The van der Waals surface area contributed by atoms with Crippen LogP contribution in [0.1, 0.15) is 90.4 Å². The minimum Gasteiger partial charge on any atom is -0.395 e. The lowest BCUT2D eigenvalue weighted by molar-refractivity contribution is -0.0121. The first-order valence-electron chi connectivity index (χ1n) is 9.36. The molecule has 0 aromatic heterocycles. The van der Waals surface area contributed by atoms with Gasteiger partial charge in [-0.05, 0) is 6.42 Å². The average molecular weight is 318 g/mol. The zero-order valence-corrected chi connectivity index (χ0v) is 14.6. The summed E-state index contributed by atoms with van der Waals surface area (Å²) in [6.45, 7) is 1.96. The molecule has 0 fully saturated rings. The topological polar surface area (TPSA) is 86.7 Å². The van der Waals surface area contributed by atoms with Gasteiger partial charge in [-0.25, -0.2) is 0 Å². The van der Waals surface area contributed by atoms with Crippen molar-refractivity contribution in [1.82, 2.24) is 0 Å². The van der Waals surface area contributed by atoms with E-state index in [-0.39, 0.29) is 6.61 Å². The van der Waals surface area contributed by atoms with Crippen molar-refractivity contribution in [1.29, 1.82) is 0 Å². The van der Waals surface area contributed by atoms with Gasteiger partial charge >= 0.3 is 0 Å². The maximum absolute atomic E-state index is 9.74. The van der Waals surface area contributed by atoms with Gasteiger partial charge in [0, 0.05) is 0 Å². The lowest BCUT2D eigenvalue weighted by atomic mass is 10.00. The molecular weight excluding hydrogens is 278 g/mol. The van der Waals surface area contributed by atoms with Crippen LogP contribution in [-0.2, 0) is 0 Å². The van der Waals surface area contributed by atoms with Crippen molar-refractivity contribution in [3.05, 3.63) is 0 Å². The third-order valence-electron chi connectivity index (χ3n) is 4.40. The molecule has 0 aliphatic rings. The molecule has 0 aliphatic heterocycles. The van der Waals surface area contributed by atoms with E-state index in [1.807, 2.05) is 0 Å². The summed E-state index contributed by atoms with van der Waals surface area (Å²) < 4.78 is 0. The molecule has 0 radical (unpaired) electrons. The number of nitrogens with two attached hydrogens (primary N) is 1. The molecule has 4 heteroatoms. The number of rotatable bonds is 16. The zero-order chi connectivity index (χ0) is 16.6. The highest BCUT2D eigenvalue weighted by Crippen LogP contribution is 2.14. The van der Waals surface area contributed by atoms with Crippen molar-refractivity contribution in [3.63, 3.8) is 0 Å². The number of unbranched alkanes of at least 4 members (excludes halogenated alkanes) is 11. The van der Waals surface area contributed by atoms with Crippen LogP contribution in [0.2, 0.25) is 0 Å². The molecule has 0 aromatic rings. The Morgan fingerprint density at radius 1 is 0.727 bits per heavy atom. The van der Waals surface area contributed by atoms with E-state index in [0.29, 0.717) is 6.42 Å². The first-order valence-corrected chi connectivity index (χ1v) is 9.36. The van der Waals surface area contributed by atoms with Crippen LogP contribution in [0.4, 0.5) is 0 Å². The van der Waals surface area contributed by atoms with Crippen LogP contribution in [0.3, 0.4) is 0 Å². The predicted octanol–water partition coefficient (Wildman–Crippen LogP) is 3.12. The van der Waals surface area contributed by atoms with Gasteiger partial charge in [0.25, 0.3) is 0 Å². The van der Waals surface area contributed by atoms with Crippen LogP contribution in [0, 0.1) is 0 Å². The summed E-state index contributed by atoms with van der Waals surface area (Å²) in [7, 11) is 0. The van der Waals surface area contributed by atoms with E-state index < -0.39 is 18.2 Å². The maximum atomic E-state index is 9.74. The molecule has 0 aromatic carbocycles. The quantitative estimate of drug-likeness (QED) is 0.329. The Morgan fingerprint density at radius 3 is 1.55 bits per heavy atom. The van der Waals surface area contributed by atoms with Crippen molar-refractivity contribution < 1.29 is 15.3 Å². The first kappa shape index (κ1) is 21.8. The second-order valence-electron chi connectivity index (χ2n) is 6.58. The van der Waals surface area contributed by atoms with Gasteiger partial charge in [0.05, 0.1) is 24.9 Å². The van der Waals surface area contributed by atoms with E-state index >= 15 is 0 Å². The predicted molar refractivity (Wildman–Crippen MR) is 92.8 cm³/mol. The smallest absolute Gasteiger partial charge is 0.0971 e. The van der Waals surface area contributed by atoms with Gasteiger partial charge in [0.2, 0.25) is 0 Å².